The summed E-state index contributed by atoms with van der Waals surface area (Å²) < 4.78 is 37.9. The van der Waals surface area contributed by atoms with E-state index in [-0.39, 0.29) is 19.4 Å². The molecule has 0 bridgehead atoms. The number of piperidine rings is 1. The molecule has 1 rings (SSSR count). The lowest BCUT2D eigenvalue weighted by atomic mass is 10.0. The molecule has 0 radical (unpaired) electrons. The number of carbonyl (C=O) groups excluding carboxylic acids is 2. The Morgan fingerprint density at radius 3 is 2.12 bits per heavy atom. The first kappa shape index (κ1) is 13.0. The van der Waals surface area contributed by atoms with Crippen LogP contribution in [0.15, 0.2) is 0 Å². The lowest BCUT2D eigenvalue weighted by molar-refractivity contribution is -0.196. The molecule has 1 aliphatic heterocycles. The third-order valence-corrected chi connectivity index (χ3v) is 2.45. The fraction of sp³-hybridized carbons (Fsp3) is 0.778. The van der Waals surface area contributed by atoms with Crippen LogP contribution in [-0.2, 0) is 9.59 Å². The smallest absolute Gasteiger partial charge is 0.330 e. The molecule has 0 saturated carbocycles. The number of nitrogens with zero attached hydrogens (tertiary/aromatic N) is 1. The van der Waals surface area contributed by atoms with E-state index in [1.54, 1.807) is 0 Å². The maximum absolute atomic E-state index is 12.6. The van der Waals surface area contributed by atoms with E-state index in [0.717, 1.165) is 0 Å². The van der Waals surface area contributed by atoms with Crippen LogP contribution in [-0.4, -0.2) is 35.5 Å². The summed E-state index contributed by atoms with van der Waals surface area (Å²) in [5, 5.41) is 0. The van der Waals surface area contributed by atoms with Crippen LogP contribution in [0.3, 0.4) is 0 Å². The van der Waals surface area contributed by atoms with E-state index in [4.69, 9.17) is 5.73 Å². The standard InChI is InChI=1S/C9H13F3N2O2/c10-9(11,12)6(4-5-13)14-7(15)2-1-3-8(14)16/h6H,1-5,13H2. The second kappa shape index (κ2) is 4.82. The van der Waals surface area contributed by atoms with Gasteiger partial charge in [0.15, 0.2) is 0 Å². The number of alkyl halides is 3. The zero-order valence-electron chi connectivity index (χ0n) is 8.59. The van der Waals surface area contributed by atoms with Crippen LogP contribution in [0, 0.1) is 0 Å². The summed E-state index contributed by atoms with van der Waals surface area (Å²) in [5.74, 6) is -1.51. The summed E-state index contributed by atoms with van der Waals surface area (Å²) in [5.41, 5.74) is 5.07. The molecular formula is C9H13F3N2O2. The van der Waals surface area contributed by atoms with Gasteiger partial charge in [-0.3, -0.25) is 14.5 Å². The summed E-state index contributed by atoms with van der Waals surface area (Å²) in [6.45, 7) is -0.221. The molecule has 0 aliphatic carbocycles. The number of likely N-dealkylation sites (tertiary alicyclic amines) is 1. The van der Waals surface area contributed by atoms with Crippen molar-refractivity contribution in [2.24, 2.45) is 5.73 Å². The van der Waals surface area contributed by atoms with E-state index in [9.17, 15) is 22.8 Å². The number of imide groups is 1. The van der Waals surface area contributed by atoms with E-state index in [2.05, 4.69) is 0 Å². The Kier molecular flexibility index (Phi) is 3.90. The number of nitrogens with two attached hydrogens (primary N) is 1. The Morgan fingerprint density at radius 2 is 1.75 bits per heavy atom. The summed E-state index contributed by atoms with van der Waals surface area (Å²) in [6, 6.07) is -2.07. The Hall–Kier alpha value is -1.11. The molecule has 2 amide bonds. The predicted octanol–water partition coefficient (Wildman–Crippen LogP) is 0.805. The first-order valence-corrected chi connectivity index (χ1v) is 4.99. The molecule has 0 aromatic rings. The SMILES string of the molecule is NCCC(N1C(=O)CCCC1=O)C(F)(F)F. The summed E-state index contributed by atoms with van der Waals surface area (Å²) in [7, 11) is 0. The van der Waals surface area contributed by atoms with Crippen LogP contribution in [0.1, 0.15) is 25.7 Å². The average Bonchev–Trinajstić information content (AvgIpc) is 2.14. The molecule has 1 saturated heterocycles. The first-order chi connectivity index (χ1) is 7.38. The highest BCUT2D eigenvalue weighted by Crippen LogP contribution is 2.30. The Morgan fingerprint density at radius 1 is 1.25 bits per heavy atom. The van der Waals surface area contributed by atoms with Crippen molar-refractivity contribution in [2.75, 3.05) is 6.54 Å². The number of carbonyl (C=O) groups is 2. The lowest BCUT2D eigenvalue weighted by Crippen LogP contribution is -2.54. The minimum Gasteiger partial charge on any atom is -0.330 e. The van der Waals surface area contributed by atoms with Crippen molar-refractivity contribution in [3.05, 3.63) is 0 Å². The van der Waals surface area contributed by atoms with Gasteiger partial charge in [-0.1, -0.05) is 0 Å². The number of halogens is 3. The molecule has 1 unspecified atom stereocenters. The van der Waals surface area contributed by atoms with Crippen LogP contribution >= 0.6 is 0 Å². The van der Waals surface area contributed by atoms with Gasteiger partial charge in [0.1, 0.15) is 6.04 Å². The molecule has 0 aromatic heterocycles. The van der Waals surface area contributed by atoms with Crippen molar-refractivity contribution in [3.8, 4) is 0 Å². The van der Waals surface area contributed by atoms with Crippen molar-refractivity contribution in [2.45, 2.75) is 37.9 Å². The first-order valence-electron chi connectivity index (χ1n) is 4.99. The molecule has 1 fully saturated rings. The molecular weight excluding hydrogens is 225 g/mol. The third-order valence-electron chi connectivity index (χ3n) is 2.45. The van der Waals surface area contributed by atoms with E-state index >= 15 is 0 Å². The van der Waals surface area contributed by atoms with Gasteiger partial charge in [-0.15, -0.1) is 0 Å². The highest BCUT2D eigenvalue weighted by molar-refractivity contribution is 5.98. The van der Waals surface area contributed by atoms with Crippen LogP contribution < -0.4 is 5.73 Å². The molecule has 92 valence electrons. The Labute approximate surface area is 90.6 Å². The quantitative estimate of drug-likeness (QED) is 0.740. The normalized spacial score (nSPS) is 20.1. The Bertz CT molecular complexity index is 275. The monoisotopic (exact) mass is 238 g/mol. The van der Waals surface area contributed by atoms with Gasteiger partial charge in [-0.25, -0.2) is 0 Å². The Balaban J connectivity index is 2.91. The van der Waals surface area contributed by atoms with Crippen molar-refractivity contribution < 1.29 is 22.8 Å². The zero-order valence-corrected chi connectivity index (χ0v) is 8.59. The molecule has 4 nitrogen and oxygen atoms in total. The molecule has 16 heavy (non-hydrogen) atoms. The zero-order chi connectivity index (χ0) is 12.3. The molecule has 1 atom stereocenters. The molecule has 2 N–H and O–H groups in total. The van der Waals surface area contributed by atoms with Gasteiger partial charge in [0, 0.05) is 12.8 Å². The van der Waals surface area contributed by atoms with Gasteiger partial charge in [0.25, 0.3) is 0 Å². The predicted molar refractivity (Wildman–Crippen MR) is 49.2 cm³/mol. The van der Waals surface area contributed by atoms with Crippen molar-refractivity contribution in [1.29, 1.82) is 0 Å². The maximum Gasteiger partial charge on any atom is 0.409 e. The van der Waals surface area contributed by atoms with E-state index < -0.39 is 30.5 Å². The van der Waals surface area contributed by atoms with Crippen molar-refractivity contribution in [1.82, 2.24) is 4.90 Å². The van der Waals surface area contributed by atoms with Gasteiger partial charge >= 0.3 is 6.18 Å². The third kappa shape index (κ3) is 2.72. The van der Waals surface area contributed by atoms with Gasteiger partial charge in [-0.05, 0) is 19.4 Å². The van der Waals surface area contributed by atoms with E-state index in [1.165, 1.54) is 0 Å². The minimum absolute atomic E-state index is 0.0110. The number of hydrogen-bond donors (Lipinski definition) is 1. The van der Waals surface area contributed by atoms with Crippen LogP contribution in [0.5, 0.6) is 0 Å². The molecule has 0 aromatic carbocycles. The highest BCUT2D eigenvalue weighted by atomic mass is 19.4. The lowest BCUT2D eigenvalue weighted by Gasteiger charge is -2.33. The molecule has 0 spiro atoms. The van der Waals surface area contributed by atoms with E-state index in [0.29, 0.717) is 11.3 Å². The average molecular weight is 238 g/mol. The largest absolute Gasteiger partial charge is 0.409 e. The van der Waals surface area contributed by atoms with Gasteiger partial charge in [-0.2, -0.15) is 13.2 Å². The summed E-state index contributed by atoms with van der Waals surface area (Å²) >= 11 is 0. The minimum atomic E-state index is -4.61. The number of hydrogen-bond acceptors (Lipinski definition) is 3. The van der Waals surface area contributed by atoms with Crippen molar-refractivity contribution in [3.63, 3.8) is 0 Å². The summed E-state index contributed by atoms with van der Waals surface area (Å²) in [4.78, 5) is 23.0. The second-order valence-corrected chi connectivity index (χ2v) is 3.65. The number of rotatable bonds is 3. The molecule has 1 heterocycles. The maximum atomic E-state index is 12.6. The van der Waals surface area contributed by atoms with Gasteiger partial charge < -0.3 is 5.73 Å². The molecule has 1 aliphatic rings. The topological polar surface area (TPSA) is 63.4 Å². The van der Waals surface area contributed by atoms with Gasteiger partial charge in [0.05, 0.1) is 0 Å². The van der Waals surface area contributed by atoms with Crippen LogP contribution in [0.4, 0.5) is 13.2 Å². The second-order valence-electron chi connectivity index (χ2n) is 3.65. The van der Waals surface area contributed by atoms with Crippen molar-refractivity contribution >= 4 is 11.8 Å². The van der Waals surface area contributed by atoms with Crippen LogP contribution in [0.25, 0.3) is 0 Å². The molecule has 7 heteroatoms. The fourth-order valence-electron chi connectivity index (χ4n) is 1.72. The highest BCUT2D eigenvalue weighted by Gasteiger charge is 2.47. The van der Waals surface area contributed by atoms with Crippen LogP contribution in [0.2, 0.25) is 0 Å². The fourth-order valence-corrected chi connectivity index (χ4v) is 1.72. The number of amides is 2. The summed E-state index contributed by atoms with van der Waals surface area (Å²) in [6.07, 6.45) is -4.75. The van der Waals surface area contributed by atoms with Gasteiger partial charge in [0.2, 0.25) is 11.8 Å². The van der Waals surface area contributed by atoms with E-state index in [1.807, 2.05) is 0 Å².